The molecule has 0 aliphatic carbocycles. The lowest BCUT2D eigenvalue weighted by atomic mass is 9.95. The van der Waals surface area contributed by atoms with E-state index < -0.39 is 17.9 Å². The molecule has 7 heteroatoms. The van der Waals surface area contributed by atoms with Gasteiger partial charge in [0.05, 0.1) is 23.9 Å². The molecule has 0 spiro atoms. The van der Waals surface area contributed by atoms with Gasteiger partial charge in [0, 0.05) is 29.4 Å². The Bertz CT molecular complexity index is 1420. The van der Waals surface area contributed by atoms with E-state index in [9.17, 15) is 14.8 Å². The Morgan fingerprint density at radius 2 is 1.57 bits per heavy atom. The van der Waals surface area contributed by atoms with E-state index in [0.717, 1.165) is 18.4 Å². The first-order valence-corrected chi connectivity index (χ1v) is 12.5. The summed E-state index contributed by atoms with van der Waals surface area (Å²) in [4.78, 5) is 31.8. The lowest BCUT2D eigenvalue weighted by Crippen LogP contribution is -2.42. The summed E-state index contributed by atoms with van der Waals surface area (Å²) in [5.41, 5.74) is 3.86. The molecule has 0 radical (unpaired) electrons. The van der Waals surface area contributed by atoms with Crippen molar-refractivity contribution in [1.29, 1.82) is 0 Å². The van der Waals surface area contributed by atoms with Crippen LogP contribution in [0.3, 0.4) is 0 Å². The average Bonchev–Trinajstić information content (AvgIpc) is 3.37. The Kier molecular flexibility index (Phi) is 6.99. The number of para-hydroxylation sites is 1. The predicted octanol–water partition coefficient (Wildman–Crippen LogP) is 5.05. The van der Waals surface area contributed by atoms with Gasteiger partial charge in [-0.25, -0.2) is 15.0 Å². The van der Waals surface area contributed by atoms with Gasteiger partial charge >= 0.3 is 5.97 Å². The minimum atomic E-state index is -0.984. The maximum atomic E-state index is 14.1. The quantitative estimate of drug-likeness (QED) is 0.276. The molecule has 1 aliphatic rings. The van der Waals surface area contributed by atoms with E-state index in [1.54, 1.807) is 12.1 Å². The minimum absolute atomic E-state index is 0.154. The Hall–Kier alpha value is -4.07. The number of hydrogen-bond donors (Lipinski definition) is 2. The summed E-state index contributed by atoms with van der Waals surface area (Å²) in [6.07, 6.45) is 1.83. The van der Waals surface area contributed by atoms with Gasteiger partial charge in [-0.15, -0.1) is 0 Å². The predicted molar refractivity (Wildman–Crippen MR) is 141 cm³/mol. The topological polar surface area (TPSA) is 88.5 Å². The first-order valence-electron chi connectivity index (χ1n) is 12.5. The highest BCUT2D eigenvalue weighted by atomic mass is 16.5. The standard InChI is InChI=1S/C30H29N3O4/c1-37-30(35)28(22-14-6-3-7-15-22)32-29(34)26-23-16-8-9-17-25(23)31-27(21-12-4-2-5-13-21)24(26)20-33(36)18-10-11-19-33/h2-9,12-17,28,36H,10-11,18-20H2,1H3/p+1. The number of nitrogens with one attached hydrogen (secondary N) is 1. The van der Waals surface area contributed by atoms with Crippen molar-refractivity contribution in [1.82, 2.24) is 10.3 Å². The summed E-state index contributed by atoms with van der Waals surface area (Å²) in [6.45, 7) is 1.45. The molecule has 1 amide bonds. The second-order valence-electron chi connectivity index (χ2n) is 9.44. The Labute approximate surface area is 215 Å². The van der Waals surface area contributed by atoms with Crippen LogP contribution in [0.5, 0.6) is 0 Å². The molecular formula is C30H30N3O4+. The summed E-state index contributed by atoms with van der Waals surface area (Å²) in [5.74, 6) is -0.983. The molecule has 4 aromatic rings. The Morgan fingerprint density at radius 1 is 0.946 bits per heavy atom. The van der Waals surface area contributed by atoms with Crippen molar-refractivity contribution in [2.45, 2.75) is 25.4 Å². The number of amides is 1. The third kappa shape index (κ3) is 5.09. The monoisotopic (exact) mass is 496 g/mol. The van der Waals surface area contributed by atoms with Crippen LogP contribution in [0.1, 0.15) is 40.4 Å². The summed E-state index contributed by atoms with van der Waals surface area (Å²) in [5, 5.41) is 15.0. The normalized spacial score (nSPS) is 15.3. The highest BCUT2D eigenvalue weighted by molar-refractivity contribution is 6.10. The fourth-order valence-corrected chi connectivity index (χ4v) is 5.12. The van der Waals surface area contributed by atoms with E-state index in [1.165, 1.54) is 7.11 Å². The molecular weight excluding hydrogens is 466 g/mol. The van der Waals surface area contributed by atoms with Gasteiger partial charge in [0.2, 0.25) is 0 Å². The number of nitrogens with zero attached hydrogens (tertiary/aromatic N) is 2. The van der Waals surface area contributed by atoms with Gasteiger partial charge in [-0.1, -0.05) is 78.9 Å². The molecule has 2 N–H and O–H groups in total. The number of fused-ring (bicyclic) bond motifs is 1. The van der Waals surface area contributed by atoms with Crippen molar-refractivity contribution >= 4 is 22.8 Å². The molecule has 1 saturated heterocycles. The summed E-state index contributed by atoms with van der Waals surface area (Å²) in [7, 11) is 1.30. The van der Waals surface area contributed by atoms with Gasteiger partial charge in [-0.2, -0.15) is 4.65 Å². The lowest BCUT2D eigenvalue weighted by Gasteiger charge is -2.27. The second kappa shape index (κ2) is 10.5. The number of rotatable bonds is 7. The van der Waals surface area contributed by atoms with Crippen LogP contribution in [0.15, 0.2) is 84.9 Å². The van der Waals surface area contributed by atoms with Crippen molar-refractivity contribution < 1.29 is 24.2 Å². The highest BCUT2D eigenvalue weighted by Gasteiger charge is 2.36. The molecule has 1 aromatic heterocycles. The summed E-state index contributed by atoms with van der Waals surface area (Å²) < 4.78 is 4.88. The van der Waals surface area contributed by atoms with Crippen LogP contribution in [-0.4, -0.2) is 46.9 Å². The second-order valence-corrected chi connectivity index (χ2v) is 9.44. The van der Waals surface area contributed by atoms with E-state index in [4.69, 9.17) is 9.72 Å². The number of methoxy groups -OCH3 is 1. The molecule has 1 aliphatic heterocycles. The molecule has 0 saturated carbocycles. The molecule has 3 aromatic carbocycles. The average molecular weight is 497 g/mol. The molecule has 7 nitrogen and oxygen atoms in total. The SMILES string of the molecule is COC(=O)C(NC(=O)c1c(C[N+]2(O)CCCC2)c(-c2ccccc2)nc2ccccc12)c1ccccc1. The van der Waals surface area contributed by atoms with Crippen LogP contribution < -0.4 is 5.32 Å². The van der Waals surface area contributed by atoms with E-state index in [2.05, 4.69) is 5.32 Å². The van der Waals surface area contributed by atoms with Crippen LogP contribution in [-0.2, 0) is 16.1 Å². The van der Waals surface area contributed by atoms with Crippen molar-refractivity contribution in [2.24, 2.45) is 0 Å². The fourth-order valence-electron chi connectivity index (χ4n) is 5.12. The van der Waals surface area contributed by atoms with Crippen LogP contribution in [0, 0.1) is 0 Å². The number of hydroxylamine groups is 3. The number of likely N-dealkylation sites (tertiary alicyclic amines) is 1. The van der Waals surface area contributed by atoms with Crippen molar-refractivity contribution in [3.8, 4) is 11.3 Å². The number of esters is 1. The van der Waals surface area contributed by atoms with Gasteiger partial charge in [0.1, 0.15) is 19.6 Å². The van der Waals surface area contributed by atoms with Crippen LogP contribution in [0.25, 0.3) is 22.2 Å². The number of hydrogen-bond acceptors (Lipinski definition) is 5. The number of quaternary nitrogens is 1. The number of benzene rings is 3. The largest absolute Gasteiger partial charge is 0.467 e. The summed E-state index contributed by atoms with van der Waals surface area (Å²) in [6, 6.07) is 25.2. The van der Waals surface area contributed by atoms with Crippen LogP contribution in [0.4, 0.5) is 0 Å². The lowest BCUT2D eigenvalue weighted by molar-refractivity contribution is -1.10. The molecule has 5 rings (SSSR count). The third-order valence-electron chi connectivity index (χ3n) is 6.96. The molecule has 2 heterocycles. The zero-order valence-electron chi connectivity index (χ0n) is 20.8. The Morgan fingerprint density at radius 3 is 2.24 bits per heavy atom. The maximum Gasteiger partial charge on any atom is 0.333 e. The summed E-state index contributed by atoms with van der Waals surface area (Å²) >= 11 is 0. The van der Waals surface area contributed by atoms with E-state index >= 15 is 0 Å². The number of carbonyl (C=O) groups excluding carboxylic acids is 2. The fraction of sp³-hybridized carbons (Fsp3) is 0.233. The smallest absolute Gasteiger partial charge is 0.333 e. The third-order valence-corrected chi connectivity index (χ3v) is 6.96. The van der Waals surface area contributed by atoms with Crippen LogP contribution in [0.2, 0.25) is 0 Å². The van der Waals surface area contributed by atoms with E-state index in [1.807, 2.05) is 72.8 Å². The molecule has 1 fully saturated rings. The molecule has 37 heavy (non-hydrogen) atoms. The van der Waals surface area contributed by atoms with Crippen molar-refractivity contribution in [2.75, 3.05) is 20.2 Å². The number of carbonyl (C=O) groups is 2. The minimum Gasteiger partial charge on any atom is -0.467 e. The number of pyridine rings is 1. The van der Waals surface area contributed by atoms with Gasteiger partial charge in [-0.3, -0.25) is 4.79 Å². The highest BCUT2D eigenvalue weighted by Crippen LogP contribution is 2.34. The number of aromatic nitrogens is 1. The molecule has 1 unspecified atom stereocenters. The zero-order valence-corrected chi connectivity index (χ0v) is 20.8. The number of ether oxygens (including phenoxy) is 1. The molecule has 0 bridgehead atoms. The van der Waals surface area contributed by atoms with Gasteiger partial charge in [0.15, 0.2) is 6.04 Å². The van der Waals surface area contributed by atoms with E-state index in [-0.39, 0.29) is 11.2 Å². The first-order chi connectivity index (χ1) is 18.0. The zero-order chi connectivity index (χ0) is 25.8. The first kappa shape index (κ1) is 24.6. The van der Waals surface area contributed by atoms with Crippen molar-refractivity contribution in [3.63, 3.8) is 0 Å². The molecule has 188 valence electrons. The van der Waals surface area contributed by atoms with Gasteiger partial charge < -0.3 is 10.1 Å². The maximum absolute atomic E-state index is 14.1. The van der Waals surface area contributed by atoms with E-state index in [0.29, 0.717) is 46.4 Å². The van der Waals surface area contributed by atoms with Gasteiger partial charge in [-0.05, 0) is 11.6 Å². The Balaban J connectivity index is 1.69. The van der Waals surface area contributed by atoms with Crippen LogP contribution >= 0.6 is 0 Å². The van der Waals surface area contributed by atoms with Crippen molar-refractivity contribution in [3.05, 3.63) is 102 Å². The van der Waals surface area contributed by atoms with Gasteiger partial charge in [0.25, 0.3) is 5.91 Å². The molecule has 1 atom stereocenters.